The highest BCUT2D eigenvalue weighted by molar-refractivity contribution is 6.00. The summed E-state index contributed by atoms with van der Waals surface area (Å²) >= 11 is 0. The van der Waals surface area contributed by atoms with Crippen molar-refractivity contribution < 1.29 is 19.1 Å². The molecule has 1 aliphatic heterocycles. The zero-order valence-corrected chi connectivity index (χ0v) is 14.9. The minimum absolute atomic E-state index is 0.0255. The Kier molecular flexibility index (Phi) is 5.41. The van der Waals surface area contributed by atoms with Crippen molar-refractivity contribution >= 4 is 17.5 Å². The van der Waals surface area contributed by atoms with Gasteiger partial charge in [-0.1, -0.05) is 24.3 Å². The number of rotatable bonds is 6. The van der Waals surface area contributed by atoms with Gasteiger partial charge in [-0.25, -0.2) is 0 Å². The fourth-order valence-electron chi connectivity index (χ4n) is 3.06. The number of nitrogens with zero attached hydrogens (tertiary/aromatic N) is 1. The smallest absolute Gasteiger partial charge is 0.227 e. The number of carbonyl (C=O) groups excluding carboxylic acids is 2. The van der Waals surface area contributed by atoms with Gasteiger partial charge in [0, 0.05) is 25.2 Å². The second-order valence-electron chi connectivity index (χ2n) is 6.15. The van der Waals surface area contributed by atoms with Crippen molar-refractivity contribution in [2.24, 2.45) is 5.92 Å². The van der Waals surface area contributed by atoms with Gasteiger partial charge in [0.2, 0.25) is 11.8 Å². The van der Waals surface area contributed by atoms with Gasteiger partial charge in [0.25, 0.3) is 0 Å². The Balaban J connectivity index is 1.60. The van der Waals surface area contributed by atoms with Crippen molar-refractivity contribution in [3.05, 3.63) is 54.1 Å². The van der Waals surface area contributed by atoms with E-state index in [1.54, 1.807) is 25.2 Å². The molecular weight excluding hydrogens is 332 g/mol. The molecule has 1 atom stereocenters. The molecule has 0 radical (unpaired) electrons. The lowest BCUT2D eigenvalue weighted by Crippen LogP contribution is -2.32. The van der Waals surface area contributed by atoms with Crippen LogP contribution in [0.25, 0.3) is 0 Å². The molecule has 136 valence electrons. The van der Waals surface area contributed by atoms with Gasteiger partial charge in [-0.05, 0) is 29.8 Å². The number of carbonyl (C=O) groups is 2. The molecule has 1 N–H and O–H groups in total. The average molecular weight is 354 g/mol. The molecule has 1 heterocycles. The zero-order valence-electron chi connectivity index (χ0n) is 14.9. The Labute approximate surface area is 152 Å². The fourth-order valence-corrected chi connectivity index (χ4v) is 3.06. The van der Waals surface area contributed by atoms with Gasteiger partial charge in [-0.15, -0.1) is 0 Å². The summed E-state index contributed by atoms with van der Waals surface area (Å²) in [7, 11) is 3.15. The maximum Gasteiger partial charge on any atom is 0.227 e. The first-order valence-electron chi connectivity index (χ1n) is 8.46. The van der Waals surface area contributed by atoms with E-state index in [1.807, 2.05) is 42.5 Å². The first-order valence-corrected chi connectivity index (χ1v) is 8.46. The van der Waals surface area contributed by atoms with E-state index in [0.29, 0.717) is 24.6 Å². The Hall–Kier alpha value is -3.02. The van der Waals surface area contributed by atoms with Gasteiger partial charge >= 0.3 is 0 Å². The quantitative estimate of drug-likeness (QED) is 0.865. The maximum atomic E-state index is 12.5. The first kappa shape index (κ1) is 17.8. The molecule has 1 saturated heterocycles. The second kappa shape index (κ2) is 7.91. The van der Waals surface area contributed by atoms with Crippen LogP contribution in [0.3, 0.4) is 0 Å². The molecule has 2 amide bonds. The van der Waals surface area contributed by atoms with Gasteiger partial charge in [-0.3, -0.25) is 9.59 Å². The summed E-state index contributed by atoms with van der Waals surface area (Å²) in [5.74, 6) is 0.768. The molecule has 6 heteroatoms. The van der Waals surface area contributed by atoms with Gasteiger partial charge in [0.05, 0.1) is 20.1 Å². The number of ether oxygens (including phenoxy) is 2. The molecule has 0 saturated carbocycles. The summed E-state index contributed by atoms with van der Waals surface area (Å²) in [5.41, 5.74) is 1.73. The lowest BCUT2D eigenvalue weighted by molar-refractivity contribution is -0.126. The third-order valence-corrected chi connectivity index (χ3v) is 4.48. The van der Waals surface area contributed by atoms with E-state index >= 15 is 0 Å². The van der Waals surface area contributed by atoms with E-state index < -0.39 is 0 Å². The Bertz CT molecular complexity index is 792. The number of benzene rings is 2. The molecule has 2 aromatic rings. The van der Waals surface area contributed by atoms with Crippen molar-refractivity contribution in [2.45, 2.75) is 13.0 Å². The van der Waals surface area contributed by atoms with Gasteiger partial charge in [0.1, 0.15) is 0 Å². The topological polar surface area (TPSA) is 67.9 Å². The monoisotopic (exact) mass is 354 g/mol. The third-order valence-electron chi connectivity index (χ3n) is 4.48. The Morgan fingerprint density at radius 2 is 1.85 bits per heavy atom. The highest BCUT2D eigenvalue weighted by atomic mass is 16.5. The fraction of sp³-hybridized carbons (Fsp3) is 0.300. The van der Waals surface area contributed by atoms with Gasteiger partial charge in [0.15, 0.2) is 11.5 Å². The van der Waals surface area contributed by atoms with Gasteiger partial charge < -0.3 is 19.7 Å². The van der Waals surface area contributed by atoms with E-state index in [0.717, 1.165) is 11.3 Å². The van der Waals surface area contributed by atoms with Crippen LogP contribution in [0.5, 0.6) is 11.5 Å². The van der Waals surface area contributed by atoms with E-state index in [1.165, 1.54) is 0 Å². The van der Waals surface area contributed by atoms with E-state index in [9.17, 15) is 9.59 Å². The Morgan fingerprint density at radius 3 is 2.54 bits per heavy atom. The zero-order chi connectivity index (χ0) is 18.5. The minimum atomic E-state index is -0.345. The second-order valence-corrected chi connectivity index (χ2v) is 6.15. The predicted molar refractivity (Wildman–Crippen MR) is 98.3 cm³/mol. The van der Waals surface area contributed by atoms with Crippen LogP contribution < -0.4 is 19.7 Å². The summed E-state index contributed by atoms with van der Waals surface area (Å²) in [6.45, 7) is 0.774. The highest BCUT2D eigenvalue weighted by Crippen LogP contribution is 2.28. The first-order chi connectivity index (χ1) is 12.6. The summed E-state index contributed by atoms with van der Waals surface area (Å²) < 4.78 is 10.5. The molecule has 26 heavy (non-hydrogen) atoms. The van der Waals surface area contributed by atoms with Crippen LogP contribution >= 0.6 is 0 Å². The molecule has 0 bridgehead atoms. The molecule has 0 spiro atoms. The molecule has 6 nitrogen and oxygen atoms in total. The molecule has 3 rings (SSSR count). The number of hydrogen-bond donors (Lipinski definition) is 1. The van der Waals surface area contributed by atoms with Crippen molar-refractivity contribution in [3.8, 4) is 11.5 Å². The molecule has 0 aliphatic carbocycles. The predicted octanol–water partition coefficient (Wildman–Crippen LogP) is 2.37. The molecule has 1 fully saturated rings. The summed E-state index contributed by atoms with van der Waals surface area (Å²) in [6.07, 6.45) is 0.229. The summed E-state index contributed by atoms with van der Waals surface area (Å²) in [4.78, 5) is 26.4. The number of nitrogens with one attached hydrogen (secondary N) is 1. The van der Waals surface area contributed by atoms with Crippen molar-refractivity contribution in [3.63, 3.8) is 0 Å². The average Bonchev–Trinajstić information content (AvgIpc) is 3.08. The summed E-state index contributed by atoms with van der Waals surface area (Å²) in [6, 6.07) is 14.9. The molecule has 0 aromatic heterocycles. The minimum Gasteiger partial charge on any atom is -0.493 e. The van der Waals surface area contributed by atoms with Gasteiger partial charge in [-0.2, -0.15) is 0 Å². The SMILES string of the molecule is COc1ccc(CNC(=O)C2CC(=O)N(c3ccccc3)C2)cc1OC. The molecule has 1 aliphatic rings. The lowest BCUT2D eigenvalue weighted by Gasteiger charge is -2.16. The number of hydrogen-bond acceptors (Lipinski definition) is 4. The van der Waals surface area contributed by atoms with E-state index in [2.05, 4.69) is 5.32 Å². The lowest BCUT2D eigenvalue weighted by atomic mass is 10.1. The highest BCUT2D eigenvalue weighted by Gasteiger charge is 2.34. The number of amides is 2. The normalized spacial score (nSPS) is 16.5. The number of para-hydroxylation sites is 1. The number of anilines is 1. The van der Waals surface area contributed by atoms with Crippen LogP contribution in [0.4, 0.5) is 5.69 Å². The van der Waals surface area contributed by atoms with Crippen LogP contribution in [0, 0.1) is 5.92 Å². The van der Waals surface area contributed by atoms with Crippen LogP contribution in [0.2, 0.25) is 0 Å². The molecule has 1 unspecified atom stereocenters. The largest absolute Gasteiger partial charge is 0.493 e. The van der Waals surface area contributed by atoms with Crippen LogP contribution in [-0.4, -0.2) is 32.6 Å². The van der Waals surface area contributed by atoms with Crippen molar-refractivity contribution in [1.29, 1.82) is 0 Å². The third kappa shape index (κ3) is 3.79. The molecular formula is C20H22N2O4. The van der Waals surface area contributed by atoms with E-state index in [-0.39, 0.29) is 24.2 Å². The van der Waals surface area contributed by atoms with E-state index in [4.69, 9.17) is 9.47 Å². The van der Waals surface area contributed by atoms with Crippen LogP contribution in [0.1, 0.15) is 12.0 Å². The summed E-state index contributed by atoms with van der Waals surface area (Å²) in [5, 5.41) is 2.91. The molecule has 2 aromatic carbocycles. The Morgan fingerprint density at radius 1 is 1.12 bits per heavy atom. The standard InChI is InChI=1S/C20H22N2O4/c1-25-17-9-8-14(10-18(17)26-2)12-21-20(24)15-11-19(23)22(13-15)16-6-4-3-5-7-16/h3-10,15H,11-13H2,1-2H3,(H,21,24). The number of methoxy groups -OCH3 is 2. The van der Waals surface area contributed by atoms with Crippen LogP contribution in [0.15, 0.2) is 48.5 Å². The maximum absolute atomic E-state index is 12.5. The van der Waals surface area contributed by atoms with Crippen molar-refractivity contribution in [1.82, 2.24) is 5.32 Å². The van der Waals surface area contributed by atoms with Crippen LogP contribution in [-0.2, 0) is 16.1 Å². The van der Waals surface area contributed by atoms with Crippen molar-refractivity contribution in [2.75, 3.05) is 25.7 Å².